The van der Waals surface area contributed by atoms with Gasteiger partial charge in [0.15, 0.2) is 0 Å². The van der Waals surface area contributed by atoms with Gasteiger partial charge < -0.3 is 9.62 Å². The Morgan fingerprint density at radius 1 is 0.435 bits per heavy atom. The Kier molecular flexibility index (Phi) is 6.20. The molecule has 0 atom stereocenters. The van der Waals surface area contributed by atoms with Crippen LogP contribution in [0.15, 0.2) is 176 Å². The number of para-hydroxylation sites is 5. The van der Waals surface area contributed by atoms with Crippen molar-refractivity contribution in [3.63, 3.8) is 0 Å². The van der Waals surface area contributed by atoms with Crippen molar-refractivity contribution in [2.45, 2.75) is 0 Å². The second-order valence-corrected chi connectivity index (χ2v) is 11.7. The smallest absolute Gasteiger partial charge is 0.360 e. The highest BCUT2D eigenvalue weighted by atomic mass is 15.3. The van der Waals surface area contributed by atoms with Gasteiger partial charge in [-0.3, -0.25) is 4.57 Å². The van der Waals surface area contributed by atoms with E-state index in [1.807, 2.05) is 0 Å². The van der Waals surface area contributed by atoms with Gasteiger partial charge in [-0.2, -0.15) is 0 Å². The van der Waals surface area contributed by atoms with E-state index >= 15 is 0 Å². The first-order valence-electron chi connectivity index (χ1n) is 15.7. The Labute approximate surface area is 268 Å². The fourth-order valence-electron chi connectivity index (χ4n) is 6.91. The summed E-state index contributed by atoms with van der Waals surface area (Å²) in [5.74, 6) is 0.924. The van der Waals surface area contributed by atoms with Gasteiger partial charge in [0.1, 0.15) is 5.82 Å². The van der Waals surface area contributed by atoms with Crippen molar-refractivity contribution < 1.29 is 0 Å². The highest BCUT2D eigenvalue weighted by molar-refractivity contribution is 6.84. The molecule has 1 aliphatic rings. The number of fused-ring (bicyclic) bond motifs is 3. The molecule has 0 aliphatic carbocycles. The predicted octanol–water partition coefficient (Wildman–Crippen LogP) is 9.53. The molecule has 0 saturated heterocycles. The van der Waals surface area contributed by atoms with Gasteiger partial charge >= 0.3 is 6.98 Å². The molecule has 7 aromatic carbocycles. The summed E-state index contributed by atoms with van der Waals surface area (Å²) < 4.78 is 2.27. The molecule has 0 N–H and O–H groups in total. The normalized spacial score (nSPS) is 12.7. The summed E-state index contributed by atoms with van der Waals surface area (Å²) in [4.78, 5) is 10.2. The molecule has 0 unspecified atom stereocenters. The van der Waals surface area contributed by atoms with Crippen LogP contribution in [0, 0.1) is 0 Å². The third kappa shape index (κ3) is 4.28. The van der Waals surface area contributed by atoms with Gasteiger partial charge in [-0.15, -0.1) is 0 Å². The molecule has 46 heavy (non-hydrogen) atoms. The molecule has 0 spiro atoms. The molecule has 1 aliphatic heterocycles. The summed E-state index contributed by atoms with van der Waals surface area (Å²) in [6.07, 6.45) is 0. The van der Waals surface area contributed by atoms with Gasteiger partial charge in [0.2, 0.25) is 0 Å². The summed E-state index contributed by atoms with van der Waals surface area (Å²) in [7, 11) is 0. The highest BCUT2D eigenvalue weighted by Gasteiger charge is 2.44. The molecule has 0 fully saturated rings. The zero-order valence-electron chi connectivity index (χ0n) is 25.1. The van der Waals surface area contributed by atoms with Crippen LogP contribution in [-0.4, -0.2) is 16.5 Å². The van der Waals surface area contributed by atoms with E-state index in [1.54, 1.807) is 0 Å². The molecule has 0 amide bonds. The van der Waals surface area contributed by atoms with E-state index in [4.69, 9.17) is 4.98 Å². The standard InChI is InChI=1S/C41H29BN4/c1-4-19-34(20-5-1)44-38-26-13-12-25-37(38)43-41(44)32-17-14-18-33(27-32)42-45(35-21-6-2-7-22-35)39-28-30-15-10-11-16-31(30)29-40(39)46(42)36-23-8-3-9-24-36/h1-29H. The second-order valence-electron chi connectivity index (χ2n) is 11.7. The fraction of sp³-hybridized carbons (Fsp3) is 0. The highest BCUT2D eigenvalue weighted by Crippen LogP contribution is 2.48. The van der Waals surface area contributed by atoms with Gasteiger partial charge in [-0.05, 0) is 76.9 Å². The van der Waals surface area contributed by atoms with Crippen molar-refractivity contribution in [2.75, 3.05) is 9.62 Å². The van der Waals surface area contributed by atoms with Crippen molar-refractivity contribution in [3.05, 3.63) is 176 Å². The van der Waals surface area contributed by atoms with E-state index in [2.05, 4.69) is 190 Å². The van der Waals surface area contributed by atoms with Crippen LogP contribution in [0.25, 0.3) is 38.9 Å². The van der Waals surface area contributed by atoms with Crippen LogP contribution in [0.4, 0.5) is 22.7 Å². The van der Waals surface area contributed by atoms with Gasteiger partial charge in [0.25, 0.3) is 0 Å². The van der Waals surface area contributed by atoms with Crippen LogP contribution >= 0.6 is 0 Å². The molecule has 4 nitrogen and oxygen atoms in total. The van der Waals surface area contributed by atoms with Crippen LogP contribution in [-0.2, 0) is 0 Å². The van der Waals surface area contributed by atoms with Gasteiger partial charge in [-0.25, -0.2) is 4.98 Å². The Bertz CT molecular complexity index is 2250. The average molecular weight is 589 g/mol. The minimum Gasteiger partial charge on any atom is -0.360 e. The first kappa shape index (κ1) is 26.3. The minimum atomic E-state index is -0.133. The van der Waals surface area contributed by atoms with E-state index in [-0.39, 0.29) is 6.98 Å². The SMILES string of the molecule is c1ccc(N2B(c3cccc(-c4nc5ccccc5n4-c4ccccc4)c3)N(c3ccccc3)c3cc4ccccc4cc32)cc1. The van der Waals surface area contributed by atoms with E-state index < -0.39 is 0 Å². The van der Waals surface area contributed by atoms with Crippen molar-refractivity contribution >= 4 is 57.0 Å². The van der Waals surface area contributed by atoms with Crippen molar-refractivity contribution in [2.24, 2.45) is 0 Å². The lowest BCUT2D eigenvalue weighted by atomic mass is 9.64. The average Bonchev–Trinajstić information content (AvgIpc) is 3.68. The molecule has 0 radical (unpaired) electrons. The maximum atomic E-state index is 5.19. The zero-order chi connectivity index (χ0) is 30.5. The lowest BCUT2D eigenvalue weighted by Crippen LogP contribution is -2.53. The summed E-state index contributed by atoms with van der Waals surface area (Å²) in [6.45, 7) is -0.133. The van der Waals surface area contributed by atoms with E-state index in [1.165, 1.54) is 27.6 Å². The molecule has 2 heterocycles. The molecular weight excluding hydrogens is 559 g/mol. The summed E-state index contributed by atoms with van der Waals surface area (Å²) in [5, 5.41) is 2.45. The number of nitrogens with zero attached hydrogens (tertiary/aromatic N) is 4. The molecule has 5 heteroatoms. The lowest BCUT2D eigenvalue weighted by Gasteiger charge is -2.30. The Morgan fingerprint density at radius 2 is 0.957 bits per heavy atom. The predicted molar refractivity (Wildman–Crippen MR) is 193 cm³/mol. The van der Waals surface area contributed by atoms with Crippen LogP contribution in [0.1, 0.15) is 0 Å². The fourth-order valence-corrected chi connectivity index (χ4v) is 6.91. The lowest BCUT2D eigenvalue weighted by molar-refractivity contribution is 1.10. The van der Waals surface area contributed by atoms with Crippen LogP contribution in [0.2, 0.25) is 0 Å². The number of hydrogen-bond acceptors (Lipinski definition) is 3. The third-order valence-corrected chi connectivity index (χ3v) is 8.94. The van der Waals surface area contributed by atoms with Gasteiger partial charge in [-0.1, -0.05) is 115 Å². The van der Waals surface area contributed by atoms with E-state index in [0.29, 0.717) is 0 Å². The minimum absolute atomic E-state index is 0.133. The molecule has 1 aromatic heterocycles. The van der Waals surface area contributed by atoms with Crippen molar-refractivity contribution in [1.82, 2.24) is 9.55 Å². The zero-order valence-corrected chi connectivity index (χ0v) is 25.1. The maximum Gasteiger partial charge on any atom is 0.420 e. The van der Waals surface area contributed by atoms with Crippen LogP contribution < -0.4 is 15.1 Å². The topological polar surface area (TPSA) is 24.3 Å². The third-order valence-electron chi connectivity index (χ3n) is 8.94. The van der Waals surface area contributed by atoms with Crippen LogP contribution in [0.3, 0.4) is 0 Å². The largest absolute Gasteiger partial charge is 0.420 e. The van der Waals surface area contributed by atoms with Gasteiger partial charge in [0, 0.05) is 22.6 Å². The molecular formula is C41H29BN4. The van der Waals surface area contributed by atoms with E-state index in [9.17, 15) is 0 Å². The van der Waals surface area contributed by atoms with Crippen molar-refractivity contribution in [1.29, 1.82) is 0 Å². The first-order chi connectivity index (χ1) is 22.8. The summed E-state index contributed by atoms with van der Waals surface area (Å²) in [5.41, 5.74) is 10.1. The number of hydrogen-bond donors (Lipinski definition) is 0. The quantitative estimate of drug-likeness (QED) is 0.187. The number of aromatic nitrogens is 2. The van der Waals surface area contributed by atoms with Crippen molar-refractivity contribution in [3.8, 4) is 17.1 Å². The monoisotopic (exact) mass is 588 g/mol. The second kappa shape index (κ2) is 10.8. The molecule has 9 rings (SSSR count). The molecule has 0 saturated carbocycles. The Hall–Kier alpha value is -6.07. The molecule has 8 aromatic rings. The van der Waals surface area contributed by atoms with Gasteiger partial charge in [0.05, 0.1) is 22.4 Å². The molecule has 216 valence electrons. The first-order valence-corrected chi connectivity index (χ1v) is 15.7. The maximum absolute atomic E-state index is 5.19. The summed E-state index contributed by atoms with van der Waals surface area (Å²) in [6, 6.07) is 62.6. The number of anilines is 4. The van der Waals surface area contributed by atoms with E-state index in [0.717, 1.165) is 39.5 Å². The molecule has 0 bridgehead atoms. The number of imidazole rings is 1. The Morgan fingerprint density at radius 3 is 1.57 bits per heavy atom. The Balaban J connectivity index is 1.29. The van der Waals surface area contributed by atoms with Crippen LogP contribution in [0.5, 0.6) is 0 Å². The summed E-state index contributed by atoms with van der Waals surface area (Å²) >= 11 is 0. The number of benzene rings is 7. The number of rotatable bonds is 5.